The van der Waals surface area contributed by atoms with Crippen LogP contribution in [0.4, 0.5) is 31.5 Å². The first-order chi connectivity index (χ1) is 19.5. The number of anilines is 4. The Labute approximate surface area is 243 Å². The highest BCUT2D eigenvalue weighted by atomic mass is 32.2. The first kappa shape index (κ1) is 34.9. The summed E-state index contributed by atoms with van der Waals surface area (Å²) >= 11 is 0. The lowest BCUT2D eigenvalue weighted by Crippen LogP contribution is -2.23. The second-order valence-electron chi connectivity index (χ2n) is 7.89. The highest BCUT2D eigenvalue weighted by Gasteiger charge is 2.18. The Morgan fingerprint density at radius 2 is 1.17 bits per heavy atom. The molecule has 0 aromatic heterocycles. The molecule has 13 heteroatoms. The van der Waals surface area contributed by atoms with Crippen LogP contribution in [0.25, 0.3) is 0 Å². The lowest BCUT2D eigenvalue weighted by molar-refractivity contribution is 0.0592. The van der Waals surface area contributed by atoms with Crippen LogP contribution in [0, 0.1) is 11.6 Å². The van der Waals surface area contributed by atoms with Crippen LogP contribution in [-0.4, -0.2) is 34.6 Å². The van der Waals surface area contributed by atoms with E-state index in [4.69, 9.17) is 11.5 Å². The summed E-state index contributed by atoms with van der Waals surface area (Å²) in [4.78, 5) is 22.5. The number of ether oxygens (including phenoxy) is 2. The Hall–Kier alpha value is -5.17. The minimum atomic E-state index is -3.99. The number of halogens is 2. The number of rotatable bonds is 6. The maximum absolute atomic E-state index is 13.2. The van der Waals surface area contributed by atoms with E-state index in [2.05, 4.69) is 18.9 Å². The van der Waals surface area contributed by atoms with Crippen molar-refractivity contribution in [2.45, 2.75) is 7.43 Å². The summed E-state index contributed by atoms with van der Waals surface area (Å²) in [6, 6.07) is 24.3. The maximum atomic E-state index is 13.2. The topological polar surface area (TPSA) is 163 Å². The summed E-state index contributed by atoms with van der Waals surface area (Å²) in [6.45, 7) is 0. The van der Waals surface area contributed by atoms with Crippen LogP contribution in [-0.2, 0) is 19.7 Å². The standard InChI is InChI=1S/C14H13FN2O4S.C8H8FNO2.C6H7N.CH4/c1-21-14(18)12-9-10(15)7-8-13(12)17-22(19,20)16-11-5-3-2-4-6-11;1-12-8(11)6-4-5(9)2-3-7(6)10;7-6-4-2-1-3-5-6;/h2-9,16-17H,1H3;2-4H,10H2,1H3;1-5H,7H2;1H4. The van der Waals surface area contributed by atoms with E-state index < -0.39 is 33.8 Å². The largest absolute Gasteiger partial charge is 0.465 e. The van der Waals surface area contributed by atoms with Gasteiger partial charge in [0.2, 0.25) is 0 Å². The maximum Gasteiger partial charge on any atom is 0.340 e. The van der Waals surface area contributed by atoms with Gasteiger partial charge in [-0.2, -0.15) is 8.42 Å². The molecule has 42 heavy (non-hydrogen) atoms. The molecule has 4 aromatic rings. The molecule has 0 fully saturated rings. The molecule has 0 heterocycles. The van der Waals surface area contributed by atoms with Gasteiger partial charge in [0.05, 0.1) is 36.7 Å². The zero-order valence-corrected chi connectivity index (χ0v) is 22.8. The Kier molecular flexibility index (Phi) is 14.0. The molecule has 0 bridgehead atoms. The average Bonchev–Trinajstić information content (AvgIpc) is 2.95. The van der Waals surface area contributed by atoms with Gasteiger partial charge in [0, 0.05) is 11.4 Å². The van der Waals surface area contributed by atoms with Gasteiger partial charge in [0.1, 0.15) is 11.6 Å². The third kappa shape index (κ3) is 11.5. The van der Waals surface area contributed by atoms with E-state index in [1.165, 1.54) is 19.2 Å². The minimum absolute atomic E-state index is 0. The first-order valence-electron chi connectivity index (χ1n) is 11.6. The van der Waals surface area contributed by atoms with Crippen LogP contribution in [0.1, 0.15) is 28.1 Å². The second-order valence-corrected chi connectivity index (χ2v) is 9.30. The molecule has 0 aliphatic heterocycles. The van der Waals surface area contributed by atoms with Gasteiger partial charge in [0.25, 0.3) is 0 Å². The van der Waals surface area contributed by atoms with Crippen molar-refractivity contribution in [3.05, 3.63) is 120 Å². The number of methoxy groups -OCH3 is 2. The SMILES string of the molecule is C.COC(=O)c1cc(F)ccc1N.COC(=O)c1cc(F)ccc1NS(=O)(=O)Nc1ccccc1.Nc1ccccc1. The van der Waals surface area contributed by atoms with Gasteiger partial charge in [-0.15, -0.1) is 0 Å². The molecule has 4 rings (SSSR count). The zero-order valence-electron chi connectivity index (χ0n) is 22.0. The first-order valence-corrected chi connectivity index (χ1v) is 13.1. The number of para-hydroxylation sites is 2. The Bertz CT molecular complexity index is 1560. The molecule has 224 valence electrons. The molecular formula is C29H32F2N4O6S. The molecule has 0 aliphatic carbocycles. The summed E-state index contributed by atoms with van der Waals surface area (Å²) in [5, 5.41) is 0. The number of hydrogen-bond donors (Lipinski definition) is 4. The highest BCUT2D eigenvalue weighted by Crippen LogP contribution is 2.20. The number of nitrogens with one attached hydrogen (secondary N) is 2. The second kappa shape index (κ2) is 16.8. The average molecular weight is 603 g/mol. The number of hydrogen-bond acceptors (Lipinski definition) is 8. The fourth-order valence-electron chi connectivity index (χ4n) is 2.98. The van der Waals surface area contributed by atoms with E-state index in [0.717, 1.165) is 37.1 Å². The third-order valence-electron chi connectivity index (χ3n) is 4.88. The quantitative estimate of drug-likeness (QED) is 0.167. The third-order valence-corrected chi connectivity index (χ3v) is 5.87. The van der Waals surface area contributed by atoms with Gasteiger partial charge in [-0.3, -0.25) is 9.44 Å². The lowest BCUT2D eigenvalue weighted by Gasteiger charge is -2.13. The number of benzene rings is 4. The fourth-order valence-corrected chi connectivity index (χ4v) is 3.95. The Morgan fingerprint density at radius 3 is 1.67 bits per heavy atom. The number of nitrogen functional groups attached to an aromatic ring is 2. The van der Waals surface area contributed by atoms with Crippen LogP contribution in [0.5, 0.6) is 0 Å². The predicted molar refractivity (Wildman–Crippen MR) is 160 cm³/mol. The molecule has 0 spiro atoms. The van der Waals surface area contributed by atoms with Gasteiger partial charge < -0.3 is 20.9 Å². The smallest absolute Gasteiger partial charge is 0.340 e. The van der Waals surface area contributed by atoms with Crippen LogP contribution >= 0.6 is 0 Å². The Balaban J connectivity index is 0.000000367. The van der Waals surface area contributed by atoms with Crippen LogP contribution in [0.2, 0.25) is 0 Å². The van der Waals surface area contributed by atoms with Gasteiger partial charge in [-0.05, 0) is 60.7 Å². The molecule has 0 amide bonds. The van der Waals surface area contributed by atoms with E-state index in [-0.39, 0.29) is 29.9 Å². The molecule has 4 aromatic carbocycles. The van der Waals surface area contributed by atoms with Crippen molar-refractivity contribution < 1.29 is 36.3 Å². The van der Waals surface area contributed by atoms with Crippen molar-refractivity contribution in [2.24, 2.45) is 0 Å². The van der Waals surface area contributed by atoms with E-state index >= 15 is 0 Å². The predicted octanol–water partition coefficient (Wildman–Crippen LogP) is 5.48. The summed E-state index contributed by atoms with van der Waals surface area (Å²) in [7, 11) is -1.66. The van der Waals surface area contributed by atoms with E-state index in [9.17, 15) is 26.8 Å². The summed E-state index contributed by atoms with van der Waals surface area (Å²) < 4.78 is 63.2. The molecule has 0 saturated heterocycles. The van der Waals surface area contributed by atoms with Gasteiger partial charge in [-0.1, -0.05) is 43.8 Å². The van der Waals surface area contributed by atoms with Crippen molar-refractivity contribution in [2.75, 3.05) is 35.1 Å². The molecule has 0 unspecified atom stereocenters. The lowest BCUT2D eigenvalue weighted by atomic mass is 10.2. The highest BCUT2D eigenvalue weighted by molar-refractivity contribution is 7.94. The van der Waals surface area contributed by atoms with Gasteiger partial charge >= 0.3 is 22.1 Å². The molecule has 0 aliphatic rings. The molecule has 0 radical (unpaired) electrons. The zero-order chi connectivity index (χ0) is 30.4. The van der Waals surface area contributed by atoms with E-state index in [1.807, 2.05) is 30.3 Å². The van der Waals surface area contributed by atoms with Crippen molar-refractivity contribution in [3.8, 4) is 0 Å². The van der Waals surface area contributed by atoms with Crippen LogP contribution < -0.4 is 20.9 Å². The molecular weight excluding hydrogens is 570 g/mol. The summed E-state index contributed by atoms with van der Waals surface area (Å²) in [5.41, 5.74) is 11.9. The van der Waals surface area contributed by atoms with E-state index in [0.29, 0.717) is 5.69 Å². The van der Waals surface area contributed by atoms with Crippen LogP contribution in [0.15, 0.2) is 97.1 Å². The van der Waals surface area contributed by atoms with Crippen molar-refractivity contribution in [1.29, 1.82) is 0 Å². The van der Waals surface area contributed by atoms with Crippen molar-refractivity contribution in [3.63, 3.8) is 0 Å². The molecule has 10 nitrogen and oxygen atoms in total. The van der Waals surface area contributed by atoms with E-state index in [1.54, 1.807) is 30.3 Å². The van der Waals surface area contributed by atoms with Crippen molar-refractivity contribution in [1.82, 2.24) is 0 Å². The van der Waals surface area contributed by atoms with Crippen molar-refractivity contribution >= 4 is 44.9 Å². The normalized spacial score (nSPS) is 9.81. The minimum Gasteiger partial charge on any atom is -0.465 e. The van der Waals surface area contributed by atoms with Crippen LogP contribution in [0.3, 0.4) is 0 Å². The van der Waals surface area contributed by atoms with Gasteiger partial charge in [0.15, 0.2) is 0 Å². The Morgan fingerprint density at radius 1 is 0.690 bits per heavy atom. The molecule has 0 saturated carbocycles. The number of esters is 2. The van der Waals surface area contributed by atoms with Gasteiger partial charge in [-0.25, -0.2) is 18.4 Å². The molecule has 6 N–H and O–H groups in total. The fraction of sp³-hybridized carbons (Fsp3) is 0.103. The summed E-state index contributed by atoms with van der Waals surface area (Å²) in [6.07, 6.45) is 0. The monoisotopic (exact) mass is 602 g/mol. The number of carbonyl (C=O) groups excluding carboxylic acids is 2. The number of carbonyl (C=O) groups is 2. The summed E-state index contributed by atoms with van der Waals surface area (Å²) in [5.74, 6) is -2.67. The number of nitrogens with two attached hydrogens (primary N) is 2. The molecule has 0 atom stereocenters.